The summed E-state index contributed by atoms with van der Waals surface area (Å²) in [5.41, 5.74) is -0.774. The zero-order valence-electron chi connectivity index (χ0n) is 11.0. The molecule has 0 unspecified atom stereocenters. The Hall–Kier alpha value is -1.73. The monoisotopic (exact) mass is 320 g/mol. The summed E-state index contributed by atoms with van der Waals surface area (Å²) in [6.45, 7) is -0.622. The maximum absolute atomic E-state index is 13.0. The van der Waals surface area contributed by atoms with Gasteiger partial charge in [-0.3, -0.25) is 0 Å². The van der Waals surface area contributed by atoms with Crippen molar-refractivity contribution in [2.24, 2.45) is 7.05 Å². The average molecular weight is 321 g/mol. The summed E-state index contributed by atoms with van der Waals surface area (Å²) in [6.07, 6.45) is -3.18. The summed E-state index contributed by atoms with van der Waals surface area (Å²) < 4.78 is 45.6. The van der Waals surface area contributed by atoms with E-state index in [-0.39, 0.29) is 17.9 Å². The molecule has 0 saturated heterocycles. The van der Waals surface area contributed by atoms with Gasteiger partial charge in [-0.25, -0.2) is 4.98 Å². The number of imidazole rings is 1. The molecule has 1 aromatic heterocycles. The van der Waals surface area contributed by atoms with Crippen LogP contribution in [0.3, 0.4) is 0 Å². The maximum atomic E-state index is 13.0. The minimum Gasteiger partial charge on any atom is -0.485 e. The number of hydrogen-bond acceptors (Lipinski definition) is 3. The number of nitrogens with zero attached hydrogens (tertiary/aromatic N) is 2. The number of halogens is 4. The van der Waals surface area contributed by atoms with Crippen molar-refractivity contribution in [1.29, 1.82) is 0 Å². The third kappa shape index (κ3) is 3.48. The van der Waals surface area contributed by atoms with Gasteiger partial charge < -0.3 is 14.4 Å². The summed E-state index contributed by atoms with van der Waals surface area (Å²) in [5.74, 6) is 0.0816. The smallest absolute Gasteiger partial charge is 0.419 e. The van der Waals surface area contributed by atoms with Gasteiger partial charge in [-0.2, -0.15) is 13.2 Å². The second-order valence-electron chi connectivity index (χ2n) is 4.33. The van der Waals surface area contributed by atoms with Gasteiger partial charge in [0.05, 0.1) is 18.4 Å². The lowest BCUT2D eigenvalue weighted by atomic mass is 10.1. The zero-order chi connectivity index (χ0) is 15.6. The van der Waals surface area contributed by atoms with Crippen molar-refractivity contribution in [1.82, 2.24) is 9.55 Å². The number of ether oxygens (including phenoxy) is 1. The Labute approximate surface area is 123 Å². The lowest BCUT2D eigenvalue weighted by Gasteiger charge is -2.15. The van der Waals surface area contributed by atoms with Crippen LogP contribution in [0.15, 0.2) is 24.4 Å². The highest BCUT2D eigenvalue weighted by molar-refractivity contribution is 6.29. The van der Waals surface area contributed by atoms with Crippen LogP contribution < -0.4 is 4.74 Å². The van der Waals surface area contributed by atoms with Gasteiger partial charge in [-0.05, 0) is 17.7 Å². The van der Waals surface area contributed by atoms with Gasteiger partial charge in [-0.1, -0.05) is 17.7 Å². The van der Waals surface area contributed by atoms with Gasteiger partial charge in [0, 0.05) is 7.05 Å². The fraction of sp³-hybridized carbons (Fsp3) is 0.308. The normalized spacial score (nSPS) is 11.7. The van der Waals surface area contributed by atoms with Crippen molar-refractivity contribution in [3.8, 4) is 5.75 Å². The molecule has 0 aliphatic heterocycles. The summed E-state index contributed by atoms with van der Waals surface area (Å²) in [5, 5.41) is 9.29. The van der Waals surface area contributed by atoms with E-state index >= 15 is 0 Å². The summed E-state index contributed by atoms with van der Waals surface area (Å²) >= 11 is 5.79. The lowest BCUT2D eigenvalue weighted by molar-refractivity contribution is -0.139. The Kier molecular flexibility index (Phi) is 4.43. The quantitative estimate of drug-likeness (QED) is 0.941. The molecule has 2 aromatic rings. The van der Waals surface area contributed by atoms with Gasteiger partial charge in [-0.15, -0.1) is 0 Å². The van der Waals surface area contributed by atoms with Crippen LogP contribution in [0.4, 0.5) is 13.2 Å². The Balaban J connectivity index is 2.25. The van der Waals surface area contributed by atoms with E-state index in [1.807, 2.05) is 0 Å². The van der Waals surface area contributed by atoms with Crippen LogP contribution in [0.25, 0.3) is 0 Å². The molecule has 0 spiro atoms. The van der Waals surface area contributed by atoms with E-state index in [0.29, 0.717) is 11.0 Å². The highest BCUT2D eigenvalue weighted by Gasteiger charge is 2.34. The Morgan fingerprint density at radius 1 is 1.38 bits per heavy atom. The first-order chi connectivity index (χ1) is 9.82. The molecule has 1 aromatic carbocycles. The number of aliphatic hydroxyl groups is 1. The SMILES string of the molecule is Cn1c(Cl)cnc1COc1ccc(CO)cc1C(F)(F)F. The van der Waals surface area contributed by atoms with Crippen LogP contribution in [-0.4, -0.2) is 14.7 Å². The molecular formula is C13H12ClF3N2O2. The third-order valence-electron chi connectivity index (χ3n) is 2.92. The first kappa shape index (κ1) is 15.7. The summed E-state index contributed by atoms with van der Waals surface area (Å²) in [4.78, 5) is 3.94. The van der Waals surface area contributed by atoms with Crippen molar-refractivity contribution in [3.63, 3.8) is 0 Å². The molecule has 4 nitrogen and oxygen atoms in total. The van der Waals surface area contributed by atoms with E-state index in [2.05, 4.69) is 4.98 Å². The van der Waals surface area contributed by atoms with Crippen molar-refractivity contribution < 1.29 is 23.0 Å². The van der Waals surface area contributed by atoms with Crippen LogP contribution >= 0.6 is 11.6 Å². The summed E-state index contributed by atoms with van der Waals surface area (Å²) in [7, 11) is 1.63. The number of aromatic nitrogens is 2. The molecule has 0 bridgehead atoms. The number of hydrogen-bond donors (Lipinski definition) is 1. The predicted molar refractivity (Wildman–Crippen MR) is 69.9 cm³/mol. The Morgan fingerprint density at radius 3 is 2.62 bits per heavy atom. The molecule has 0 atom stereocenters. The Bertz CT molecular complexity index is 641. The number of rotatable bonds is 4. The van der Waals surface area contributed by atoms with E-state index in [1.54, 1.807) is 7.05 Å². The fourth-order valence-electron chi connectivity index (χ4n) is 1.72. The van der Waals surface area contributed by atoms with E-state index in [4.69, 9.17) is 21.4 Å². The van der Waals surface area contributed by atoms with E-state index in [0.717, 1.165) is 6.07 Å². The molecule has 114 valence electrons. The molecule has 0 aliphatic carbocycles. The molecule has 0 saturated carbocycles. The van der Waals surface area contributed by atoms with Crippen molar-refractivity contribution in [3.05, 3.63) is 46.5 Å². The molecule has 2 rings (SSSR count). The van der Waals surface area contributed by atoms with Crippen molar-refractivity contribution in [2.75, 3.05) is 0 Å². The fourth-order valence-corrected chi connectivity index (χ4v) is 1.87. The third-order valence-corrected chi connectivity index (χ3v) is 3.27. The minimum atomic E-state index is -4.57. The molecule has 0 radical (unpaired) electrons. The van der Waals surface area contributed by atoms with E-state index in [1.165, 1.54) is 22.9 Å². The van der Waals surface area contributed by atoms with Crippen LogP contribution in [0.2, 0.25) is 5.15 Å². The molecule has 1 N–H and O–H groups in total. The first-order valence-corrected chi connectivity index (χ1v) is 6.30. The standard InChI is InChI=1S/C13H12ClF3N2O2/c1-19-11(14)5-18-12(19)7-21-10-3-2-8(6-20)4-9(10)13(15,16)17/h2-5,20H,6-7H2,1H3. The lowest BCUT2D eigenvalue weighted by Crippen LogP contribution is -2.11. The molecule has 8 heteroatoms. The van der Waals surface area contributed by atoms with Crippen LogP contribution in [0.5, 0.6) is 5.75 Å². The van der Waals surface area contributed by atoms with Gasteiger partial charge in [0.2, 0.25) is 0 Å². The van der Waals surface area contributed by atoms with Crippen LogP contribution in [-0.2, 0) is 26.4 Å². The van der Waals surface area contributed by atoms with Gasteiger partial charge in [0.15, 0.2) is 0 Å². The molecule has 1 heterocycles. The largest absolute Gasteiger partial charge is 0.485 e. The molecule has 0 amide bonds. The zero-order valence-corrected chi connectivity index (χ0v) is 11.7. The topological polar surface area (TPSA) is 47.3 Å². The highest BCUT2D eigenvalue weighted by Crippen LogP contribution is 2.37. The average Bonchev–Trinajstić information content (AvgIpc) is 2.75. The molecular weight excluding hydrogens is 309 g/mol. The van der Waals surface area contributed by atoms with Gasteiger partial charge in [0.1, 0.15) is 23.3 Å². The van der Waals surface area contributed by atoms with Crippen LogP contribution in [0, 0.1) is 0 Å². The maximum Gasteiger partial charge on any atom is 0.419 e. The Morgan fingerprint density at radius 2 is 2.10 bits per heavy atom. The summed E-state index contributed by atoms with van der Waals surface area (Å²) in [6, 6.07) is 3.41. The molecule has 0 fully saturated rings. The molecule has 0 aliphatic rings. The number of alkyl halides is 3. The van der Waals surface area contributed by atoms with E-state index < -0.39 is 18.3 Å². The van der Waals surface area contributed by atoms with Gasteiger partial charge in [0.25, 0.3) is 0 Å². The second kappa shape index (κ2) is 5.95. The number of aliphatic hydroxyl groups excluding tert-OH is 1. The predicted octanol–water partition coefficient (Wildman–Crippen LogP) is 3.16. The van der Waals surface area contributed by atoms with Gasteiger partial charge >= 0.3 is 6.18 Å². The number of benzene rings is 1. The second-order valence-corrected chi connectivity index (χ2v) is 4.72. The minimum absolute atomic E-state index is 0.148. The first-order valence-electron chi connectivity index (χ1n) is 5.93. The van der Waals surface area contributed by atoms with E-state index in [9.17, 15) is 13.2 Å². The van der Waals surface area contributed by atoms with Crippen molar-refractivity contribution in [2.45, 2.75) is 19.4 Å². The van der Waals surface area contributed by atoms with Crippen molar-refractivity contribution >= 4 is 11.6 Å². The van der Waals surface area contributed by atoms with Crippen LogP contribution in [0.1, 0.15) is 17.0 Å². The highest BCUT2D eigenvalue weighted by atomic mass is 35.5. The molecule has 21 heavy (non-hydrogen) atoms.